The summed E-state index contributed by atoms with van der Waals surface area (Å²) in [5, 5.41) is 12.7. The van der Waals surface area contributed by atoms with Crippen molar-refractivity contribution in [1.29, 1.82) is 5.26 Å². The second-order valence-electron chi connectivity index (χ2n) is 4.77. The van der Waals surface area contributed by atoms with Gasteiger partial charge in [0, 0.05) is 5.69 Å². The van der Waals surface area contributed by atoms with E-state index >= 15 is 0 Å². The number of hydrogen-bond acceptors (Lipinski definition) is 3. The Hall–Kier alpha value is -1.02. The number of amides is 1. The largest absolute Gasteiger partial charge is 0.495 e. The first kappa shape index (κ1) is 20.3. The molecule has 4 nitrogen and oxygen atoms in total. The summed E-state index contributed by atoms with van der Waals surface area (Å²) in [5.74, 6) is 0.235. The van der Waals surface area contributed by atoms with Crippen molar-refractivity contribution in [2.75, 3.05) is 12.4 Å². The van der Waals surface area contributed by atoms with Gasteiger partial charge in [0.05, 0.1) is 24.3 Å². The van der Waals surface area contributed by atoms with Crippen LogP contribution in [0, 0.1) is 18.5 Å². The molecule has 0 unspecified atom stereocenters. The standard InChI is InChI=1S/C17H10Cl2I2N2O2/c1-25-16-14(20)5-9(6-15(16)21)4-10(8-22)17(24)23-11-2-3-12(18)13(19)7-11/h2-7H,1H3,(H,23,24)/b10-4+. The van der Waals surface area contributed by atoms with Gasteiger partial charge in [-0.25, -0.2) is 0 Å². The molecule has 25 heavy (non-hydrogen) atoms. The number of nitriles is 1. The minimum atomic E-state index is -0.526. The van der Waals surface area contributed by atoms with Gasteiger partial charge >= 0.3 is 0 Å². The van der Waals surface area contributed by atoms with Gasteiger partial charge in [-0.15, -0.1) is 0 Å². The van der Waals surface area contributed by atoms with Crippen molar-refractivity contribution >= 4 is 86.1 Å². The minimum Gasteiger partial charge on any atom is -0.495 e. The first-order chi connectivity index (χ1) is 11.8. The lowest BCUT2D eigenvalue weighted by Crippen LogP contribution is -2.13. The van der Waals surface area contributed by atoms with E-state index in [0.29, 0.717) is 15.7 Å². The van der Waals surface area contributed by atoms with Crippen molar-refractivity contribution in [3.8, 4) is 11.8 Å². The second kappa shape index (κ2) is 9.07. The third-order valence-corrected chi connectivity index (χ3v) is 5.42. The third kappa shape index (κ3) is 5.23. The normalized spacial score (nSPS) is 11.0. The van der Waals surface area contributed by atoms with Gasteiger partial charge < -0.3 is 10.1 Å². The summed E-state index contributed by atoms with van der Waals surface area (Å²) >= 11 is 16.1. The predicted octanol–water partition coefficient (Wildman–Crippen LogP) is 5.76. The van der Waals surface area contributed by atoms with Gasteiger partial charge in [-0.1, -0.05) is 23.2 Å². The van der Waals surface area contributed by atoms with E-state index in [4.69, 9.17) is 27.9 Å². The number of halogens is 4. The quantitative estimate of drug-likeness (QED) is 0.277. The Morgan fingerprint density at radius 1 is 1.20 bits per heavy atom. The van der Waals surface area contributed by atoms with E-state index in [0.717, 1.165) is 18.5 Å². The number of nitrogens with zero attached hydrogens (tertiary/aromatic N) is 1. The van der Waals surface area contributed by atoms with Crippen LogP contribution >= 0.6 is 68.4 Å². The number of benzene rings is 2. The Bertz CT molecular complexity index is 885. The minimum absolute atomic E-state index is 0.0251. The highest BCUT2D eigenvalue weighted by atomic mass is 127. The average molecular weight is 599 g/mol. The van der Waals surface area contributed by atoms with Crippen LogP contribution in [0.1, 0.15) is 5.56 Å². The Kier molecular flexibility index (Phi) is 7.37. The number of rotatable bonds is 4. The number of carbonyl (C=O) groups is 1. The Labute approximate surface area is 182 Å². The van der Waals surface area contributed by atoms with Gasteiger partial charge in [0.1, 0.15) is 17.4 Å². The fourth-order valence-electron chi connectivity index (χ4n) is 1.95. The molecule has 2 aromatic carbocycles. The molecule has 0 atom stereocenters. The van der Waals surface area contributed by atoms with Crippen molar-refractivity contribution in [2.24, 2.45) is 0 Å². The van der Waals surface area contributed by atoms with Crippen LogP contribution in [0.4, 0.5) is 5.69 Å². The fraction of sp³-hybridized carbons (Fsp3) is 0.0588. The summed E-state index contributed by atoms with van der Waals surface area (Å²) in [7, 11) is 1.60. The first-order valence-electron chi connectivity index (χ1n) is 6.77. The van der Waals surface area contributed by atoms with E-state index in [-0.39, 0.29) is 5.57 Å². The molecule has 0 spiro atoms. The molecule has 0 bridgehead atoms. The van der Waals surface area contributed by atoms with E-state index in [1.807, 2.05) is 18.2 Å². The lowest BCUT2D eigenvalue weighted by atomic mass is 10.1. The molecule has 128 valence electrons. The van der Waals surface area contributed by atoms with E-state index in [1.54, 1.807) is 19.2 Å². The van der Waals surface area contributed by atoms with Gasteiger partial charge in [0.25, 0.3) is 5.91 Å². The molecule has 0 saturated heterocycles. The zero-order valence-electron chi connectivity index (χ0n) is 12.7. The lowest BCUT2D eigenvalue weighted by molar-refractivity contribution is -0.112. The molecular formula is C17H10Cl2I2N2O2. The van der Waals surface area contributed by atoms with E-state index in [1.165, 1.54) is 12.1 Å². The number of methoxy groups -OCH3 is 1. The molecule has 2 rings (SSSR count). The van der Waals surface area contributed by atoms with E-state index in [9.17, 15) is 10.1 Å². The van der Waals surface area contributed by atoms with Crippen molar-refractivity contribution < 1.29 is 9.53 Å². The average Bonchev–Trinajstić information content (AvgIpc) is 2.55. The predicted molar refractivity (Wildman–Crippen MR) is 117 cm³/mol. The summed E-state index contributed by atoms with van der Waals surface area (Å²) in [6.45, 7) is 0. The number of hydrogen-bond donors (Lipinski definition) is 1. The Balaban J connectivity index is 2.29. The molecule has 1 amide bonds. The molecule has 0 aliphatic rings. The van der Waals surface area contributed by atoms with Gasteiger partial charge in [-0.3, -0.25) is 4.79 Å². The number of anilines is 1. The molecule has 0 aromatic heterocycles. The molecule has 0 saturated carbocycles. The monoisotopic (exact) mass is 598 g/mol. The van der Waals surface area contributed by atoms with Crippen molar-refractivity contribution in [3.05, 3.63) is 58.7 Å². The topological polar surface area (TPSA) is 62.1 Å². The Morgan fingerprint density at radius 2 is 1.84 bits per heavy atom. The zero-order chi connectivity index (χ0) is 18.6. The molecule has 2 aromatic rings. The van der Waals surface area contributed by atoms with Crippen molar-refractivity contribution in [2.45, 2.75) is 0 Å². The van der Waals surface area contributed by atoms with Crippen LogP contribution in [0.25, 0.3) is 6.08 Å². The van der Waals surface area contributed by atoms with Crippen LogP contribution in [-0.4, -0.2) is 13.0 Å². The summed E-state index contributed by atoms with van der Waals surface area (Å²) in [6.07, 6.45) is 1.52. The van der Waals surface area contributed by atoms with E-state index < -0.39 is 5.91 Å². The van der Waals surface area contributed by atoms with E-state index in [2.05, 4.69) is 50.5 Å². The fourth-order valence-corrected chi connectivity index (χ4v) is 4.50. The van der Waals surface area contributed by atoms with Crippen molar-refractivity contribution in [1.82, 2.24) is 0 Å². The summed E-state index contributed by atoms with van der Waals surface area (Å²) in [6, 6.07) is 10.3. The summed E-state index contributed by atoms with van der Waals surface area (Å²) in [5.41, 5.74) is 1.16. The smallest absolute Gasteiger partial charge is 0.266 e. The Morgan fingerprint density at radius 3 is 2.36 bits per heavy atom. The van der Waals surface area contributed by atoms with Gasteiger partial charge in [0.2, 0.25) is 0 Å². The first-order valence-corrected chi connectivity index (χ1v) is 9.68. The zero-order valence-corrected chi connectivity index (χ0v) is 18.6. The highest BCUT2D eigenvalue weighted by molar-refractivity contribution is 14.1. The molecule has 1 N–H and O–H groups in total. The van der Waals surface area contributed by atoms with Crippen LogP contribution in [-0.2, 0) is 4.79 Å². The highest BCUT2D eigenvalue weighted by Crippen LogP contribution is 2.29. The molecule has 0 aliphatic heterocycles. The lowest BCUT2D eigenvalue weighted by Gasteiger charge is -2.08. The molecule has 8 heteroatoms. The number of ether oxygens (including phenoxy) is 1. The maximum absolute atomic E-state index is 12.3. The summed E-state index contributed by atoms with van der Waals surface area (Å²) in [4.78, 5) is 12.3. The van der Waals surface area contributed by atoms with Crippen molar-refractivity contribution in [3.63, 3.8) is 0 Å². The second-order valence-corrected chi connectivity index (χ2v) is 7.91. The van der Waals surface area contributed by atoms with Crippen LogP contribution < -0.4 is 10.1 Å². The van der Waals surface area contributed by atoms with Crippen LogP contribution in [0.2, 0.25) is 10.0 Å². The van der Waals surface area contributed by atoms with Gasteiger partial charge in [-0.05, 0) is 87.2 Å². The molecule has 0 aliphatic carbocycles. The number of carbonyl (C=O) groups excluding carboxylic acids is 1. The van der Waals surface area contributed by atoms with Crippen LogP contribution in [0.5, 0.6) is 5.75 Å². The maximum Gasteiger partial charge on any atom is 0.266 e. The molecule has 0 heterocycles. The van der Waals surface area contributed by atoms with Crippen LogP contribution in [0.15, 0.2) is 35.9 Å². The van der Waals surface area contributed by atoms with Crippen LogP contribution in [0.3, 0.4) is 0 Å². The third-order valence-electron chi connectivity index (χ3n) is 3.08. The molecule has 0 fully saturated rings. The SMILES string of the molecule is COc1c(I)cc(/C=C(\C#N)C(=O)Nc2ccc(Cl)c(Cl)c2)cc1I. The summed E-state index contributed by atoms with van der Waals surface area (Å²) < 4.78 is 7.08. The highest BCUT2D eigenvalue weighted by Gasteiger charge is 2.12. The van der Waals surface area contributed by atoms with Gasteiger partial charge in [-0.2, -0.15) is 5.26 Å². The molecular weight excluding hydrogens is 589 g/mol. The molecule has 0 radical (unpaired) electrons. The maximum atomic E-state index is 12.3. The van der Waals surface area contributed by atoms with Gasteiger partial charge in [0.15, 0.2) is 0 Å². The number of nitrogens with one attached hydrogen (secondary N) is 1.